The van der Waals surface area contributed by atoms with Gasteiger partial charge in [0.25, 0.3) is 0 Å². The zero-order chi connectivity index (χ0) is 13.9. The molecule has 0 saturated heterocycles. The van der Waals surface area contributed by atoms with E-state index in [9.17, 15) is 13.2 Å². The summed E-state index contributed by atoms with van der Waals surface area (Å²) in [5, 5.41) is 3.37. The molecular weight excluding hydrogens is 253 g/mol. The molecule has 0 aliphatic rings. The Morgan fingerprint density at radius 2 is 2.05 bits per heavy atom. The summed E-state index contributed by atoms with van der Waals surface area (Å²) >= 11 is 0. The lowest BCUT2D eigenvalue weighted by molar-refractivity contribution is -0.157. The minimum Gasteiger partial charge on any atom is -0.302 e. The first-order valence-electron chi connectivity index (χ1n) is 6.17. The van der Waals surface area contributed by atoms with Gasteiger partial charge < -0.3 is 5.32 Å². The highest BCUT2D eigenvalue weighted by Crippen LogP contribution is 2.33. The van der Waals surface area contributed by atoms with Crippen LogP contribution in [-0.2, 0) is 0 Å². The van der Waals surface area contributed by atoms with E-state index in [1.807, 2.05) is 13.0 Å². The van der Waals surface area contributed by atoms with Crippen LogP contribution < -0.4 is 5.32 Å². The molecule has 1 unspecified atom stereocenters. The summed E-state index contributed by atoms with van der Waals surface area (Å²) in [6.07, 6.45) is -2.08. The molecule has 0 radical (unpaired) electrons. The lowest BCUT2D eigenvalue weighted by Gasteiger charge is -2.22. The van der Waals surface area contributed by atoms with Crippen molar-refractivity contribution in [2.45, 2.75) is 25.6 Å². The van der Waals surface area contributed by atoms with Gasteiger partial charge in [-0.15, -0.1) is 0 Å². The molecule has 102 valence electrons. The molecule has 1 N–H and O–H groups in total. The zero-order valence-corrected chi connectivity index (χ0v) is 10.5. The smallest absolute Gasteiger partial charge is 0.302 e. The molecule has 0 aliphatic carbocycles. The highest BCUT2D eigenvalue weighted by Gasteiger charge is 2.40. The van der Waals surface area contributed by atoms with Crippen molar-refractivity contribution in [3.8, 4) is 0 Å². The van der Waals surface area contributed by atoms with E-state index in [1.54, 1.807) is 18.3 Å². The molecule has 0 spiro atoms. The predicted octanol–water partition coefficient (Wildman–Crippen LogP) is 3.84. The van der Waals surface area contributed by atoms with E-state index < -0.39 is 12.2 Å². The van der Waals surface area contributed by atoms with Crippen LogP contribution in [0.25, 0.3) is 10.9 Å². The number of hydrogen-bond donors (Lipinski definition) is 1. The molecule has 1 heterocycles. The summed E-state index contributed by atoms with van der Waals surface area (Å²) in [5.74, 6) is 0. The maximum Gasteiger partial charge on any atom is 0.407 e. The van der Waals surface area contributed by atoms with Crippen molar-refractivity contribution in [2.24, 2.45) is 0 Å². The van der Waals surface area contributed by atoms with Gasteiger partial charge in [0.1, 0.15) is 6.04 Å². The summed E-state index contributed by atoms with van der Waals surface area (Å²) < 4.78 is 39.1. The second kappa shape index (κ2) is 5.57. The van der Waals surface area contributed by atoms with E-state index in [-0.39, 0.29) is 5.56 Å². The van der Waals surface area contributed by atoms with Crippen LogP contribution in [0.15, 0.2) is 36.5 Å². The summed E-state index contributed by atoms with van der Waals surface area (Å²) in [7, 11) is 0. The maximum atomic E-state index is 13.0. The summed E-state index contributed by atoms with van der Waals surface area (Å²) in [6.45, 7) is 2.16. The van der Waals surface area contributed by atoms with Crippen molar-refractivity contribution in [3.05, 3.63) is 42.1 Å². The first-order chi connectivity index (χ1) is 9.02. The second-order valence-electron chi connectivity index (χ2n) is 4.38. The lowest BCUT2D eigenvalue weighted by atomic mass is 10.0. The number of nitrogens with zero attached hydrogens (tertiary/aromatic N) is 1. The number of hydrogen-bond acceptors (Lipinski definition) is 2. The monoisotopic (exact) mass is 268 g/mol. The Morgan fingerprint density at radius 3 is 2.74 bits per heavy atom. The van der Waals surface area contributed by atoms with Gasteiger partial charge in [0.2, 0.25) is 0 Å². The van der Waals surface area contributed by atoms with E-state index in [1.165, 1.54) is 12.1 Å². The standard InChI is InChI=1S/C14H15F3N2/c1-2-7-19-13(14(15,16)17)11-6-5-10-4-3-8-18-12(10)9-11/h3-6,8-9,13,19H,2,7H2,1H3. The fraction of sp³-hybridized carbons (Fsp3) is 0.357. The van der Waals surface area contributed by atoms with Crippen molar-refractivity contribution in [2.75, 3.05) is 6.54 Å². The van der Waals surface area contributed by atoms with Gasteiger partial charge in [-0.2, -0.15) is 13.2 Å². The maximum absolute atomic E-state index is 13.0. The molecule has 2 aromatic rings. The fourth-order valence-electron chi connectivity index (χ4n) is 1.97. The molecule has 5 heteroatoms. The first-order valence-corrected chi connectivity index (χ1v) is 6.17. The molecule has 0 aliphatic heterocycles. The summed E-state index contributed by atoms with van der Waals surface area (Å²) in [5.41, 5.74) is 0.777. The van der Waals surface area contributed by atoms with E-state index in [4.69, 9.17) is 0 Å². The number of rotatable bonds is 4. The molecule has 2 nitrogen and oxygen atoms in total. The average Bonchev–Trinajstić information content (AvgIpc) is 2.37. The highest BCUT2D eigenvalue weighted by molar-refractivity contribution is 5.79. The number of benzene rings is 1. The van der Waals surface area contributed by atoms with Gasteiger partial charge in [-0.05, 0) is 30.7 Å². The van der Waals surface area contributed by atoms with Gasteiger partial charge in [-0.25, -0.2) is 0 Å². The average molecular weight is 268 g/mol. The van der Waals surface area contributed by atoms with E-state index in [0.29, 0.717) is 18.5 Å². The molecule has 19 heavy (non-hydrogen) atoms. The number of fused-ring (bicyclic) bond motifs is 1. The Labute approximate surface area is 109 Å². The third-order valence-corrected chi connectivity index (χ3v) is 2.89. The molecule has 0 bridgehead atoms. The third kappa shape index (κ3) is 3.23. The van der Waals surface area contributed by atoms with E-state index in [0.717, 1.165) is 5.39 Å². The van der Waals surface area contributed by atoms with E-state index >= 15 is 0 Å². The van der Waals surface area contributed by atoms with Gasteiger partial charge in [-0.3, -0.25) is 4.98 Å². The fourth-order valence-corrected chi connectivity index (χ4v) is 1.97. The third-order valence-electron chi connectivity index (χ3n) is 2.89. The van der Waals surface area contributed by atoms with Crippen LogP contribution in [0.1, 0.15) is 24.9 Å². The zero-order valence-electron chi connectivity index (χ0n) is 10.5. The Morgan fingerprint density at radius 1 is 1.26 bits per heavy atom. The Hall–Kier alpha value is -1.62. The molecular formula is C14H15F3N2. The van der Waals surface area contributed by atoms with Gasteiger partial charge in [0, 0.05) is 11.6 Å². The molecule has 1 aromatic heterocycles. The predicted molar refractivity (Wildman–Crippen MR) is 68.8 cm³/mol. The van der Waals surface area contributed by atoms with Crippen LogP contribution in [-0.4, -0.2) is 17.7 Å². The minimum atomic E-state index is -4.31. The second-order valence-corrected chi connectivity index (χ2v) is 4.38. The first kappa shape index (κ1) is 13.8. The van der Waals surface area contributed by atoms with Crippen LogP contribution in [0.3, 0.4) is 0 Å². The Kier molecular flexibility index (Phi) is 4.04. The number of aromatic nitrogens is 1. The molecule has 0 fully saturated rings. The van der Waals surface area contributed by atoms with Gasteiger partial charge >= 0.3 is 6.18 Å². The number of pyridine rings is 1. The molecule has 1 atom stereocenters. The summed E-state index contributed by atoms with van der Waals surface area (Å²) in [4.78, 5) is 4.09. The number of halogens is 3. The van der Waals surface area contributed by atoms with Crippen LogP contribution in [0.4, 0.5) is 13.2 Å². The van der Waals surface area contributed by atoms with E-state index in [2.05, 4.69) is 10.3 Å². The largest absolute Gasteiger partial charge is 0.407 e. The Balaban J connectivity index is 2.38. The summed E-state index contributed by atoms with van der Waals surface area (Å²) in [6, 6.07) is 6.62. The normalized spacial score (nSPS) is 13.7. The van der Waals surface area contributed by atoms with Crippen LogP contribution in [0.5, 0.6) is 0 Å². The molecule has 1 aromatic carbocycles. The van der Waals surface area contributed by atoms with Crippen LogP contribution in [0.2, 0.25) is 0 Å². The minimum absolute atomic E-state index is 0.201. The molecule has 0 saturated carbocycles. The number of alkyl halides is 3. The Bertz CT molecular complexity index is 552. The van der Waals surface area contributed by atoms with Crippen molar-refractivity contribution in [1.29, 1.82) is 0 Å². The van der Waals surface area contributed by atoms with Gasteiger partial charge in [-0.1, -0.05) is 25.1 Å². The van der Waals surface area contributed by atoms with Crippen molar-refractivity contribution >= 4 is 10.9 Å². The number of nitrogens with one attached hydrogen (secondary N) is 1. The van der Waals surface area contributed by atoms with Crippen molar-refractivity contribution < 1.29 is 13.2 Å². The van der Waals surface area contributed by atoms with Crippen LogP contribution >= 0.6 is 0 Å². The molecule has 2 rings (SSSR count). The SMILES string of the molecule is CCCNC(c1ccc2cccnc2c1)C(F)(F)F. The van der Waals surface area contributed by atoms with Crippen molar-refractivity contribution in [1.82, 2.24) is 10.3 Å². The van der Waals surface area contributed by atoms with Crippen molar-refractivity contribution in [3.63, 3.8) is 0 Å². The molecule has 0 amide bonds. The quantitative estimate of drug-likeness (QED) is 0.911. The lowest BCUT2D eigenvalue weighted by Crippen LogP contribution is -2.34. The van der Waals surface area contributed by atoms with Gasteiger partial charge in [0.15, 0.2) is 0 Å². The highest BCUT2D eigenvalue weighted by atomic mass is 19.4. The van der Waals surface area contributed by atoms with Crippen LogP contribution in [0, 0.1) is 0 Å². The topological polar surface area (TPSA) is 24.9 Å². The van der Waals surface area contributed by atoms with Gasteiger partial charge in [0.05, 0.1) is 5.52 Å².